The summed E-state index contributed by atoms with van der Waals surface area (Å²) in [7, 11) is -3.94. The Morgan fingerprint density at radius 1 is 1.36 bits per heavy atom. The summed E-state index contributed by atoms with van der Waals surface area (Å²) in [5.74, 6) is 0.121. The number of sulfonamides is 1. The second-order valence-corrected chi connectivity index (χ2v) is 8.93. The van der Waals surface area contributed by atoms with Crippen LogP contribution < -0.4 is 10.3 Å². The van der Waals surface area contributed by atoms with Crippen LogP contribution in [0.3, 0.4) is 0 Å². The number of hydrazine groups is 1. The van der Waals surface area contributed by atoms with Gasteiger partial charge in [0.25, 0.3) is 15.9 Å². The normalized spacial score (nSPS) is 16.7. The van der Waals surface area contributed by atoms with Crippen LogP contribution in [0.4, 0.5) is 0 Å². The van der Waals surface area contributed by atoms with Crippen LogP contribution in [-0.2, 0) is 22.9 Å². The summed E-state index contributed by atoms with van der Waals surface area (Å²) in [5.41, 5.74) is 3.66. The smallest absolute Gasteiger partial charge is 0.273 e. The van der Waals surface area contributed by atoms with Crippen molar-refractivity contribution in [2.24, 2.45) is 5.92 Å². The fraction of sp³-hybridized carbons (Fsp3) is 0.294. The van der Waals surface area contributed by atoms with Gasteiger partial charge in [-0.15, -0.1) is 16.2 Å². The van der Waals surface area contributed by atoms with E-state index in [4.69, 9.17) is 5.26 Å². The zero-order valence-corrected chi connectivity index (χ0v) is 15.2. The predicted molar refractivity (Wildman–Crippen MR) is 94.5 cm³/mol. The molecular formula is C17H17N3O3S2. The van der Waals surface area contributed by atoms with Crippen LogP contribution in [0, 0.1) is 17.2 Å². The molecule has 1 aliphatic carbocycles. The number of nitrogens with zero attached hydrogens (tertiary/aromatic N) is 1. The second kappa shape index (κ2) is 6.96. The highest BCUT2D eigenvalue weighted by Crippen LogP contribution is 2.32. The molecule has 6 nitrogen and oxygen atoms in total. The number of rotatable bonds is 4. The van der Waals surface area contributed by atoms with E-state index in [0.717, 1.165) is 19.3 Å². The number of benzene rings is 1. The minimum absolute atomic E-state index is 0.0776. The second-order valence-electron chi connectivity index (χ2n) is 6.11. The van der Waals surface area contributed by atoms with E-state index >= 15 is 0 Å². The molecule has 1 atom stereocenters. The molecule has 0 radical (unpaired) electrons. The predicted octanol–water partition coefficient (Wildman–Crippen LogP) is 2.37. The highest BCUT2D eigenvalue weighted by Gasteiger charge is 2.22. The summed E-state index contributed by atoms with van der Waals surface area (Å²) < 4.78 is 24.5. The lowest BCUT2D eigenvalue weighted by Gasteiger charge is -2.16. The number of nitrogens with one attached hydrogen (secondary N) is 2. The summed E-state index contributed by atoms with van der Waals surface area (Å²) in [6.45, 7) is 2.18. The average molecular weight is 375 g/mol. The maximum atomic E-state index is 12.3. The maximum Gasteiger partial charge on any atom is 0.276 e. The van der Waals surface area contributed by atoms with E-state index in [9.17, 15) is 13.2 Å². The standard InChI is InChI=1S/C17H17N3O3S2/c1-11-5-6-15-13(7-11)9-16(24-15)17(21)19-20-25(22,23)14-4-2-3-12(8-14)10-18/h2-4,8-9,11,20H,5-7H2,1H3,(H,19,21)/t11-/m0/s1. The Balaban J connectivity index is 1.70. The van der Waals surface area contributed by atoms with Crippen molar-refractivity contribution in [3.63, 3.8) is 0 Å². The Bertz CT molecular complexity index is 958. The molecule has 0 bridgehead atoms. The molecule has 2 N–H and O–H groups in total. The fourth-order valence-corrected chi connectivity index (χ4v) is 4.77. The van der Waals surface area contributed by atoms with Gasteiger partial charge in [-0.25, -0.2) is 8.42 Å². The largest absolute Gasteiger partial charge is 0.276 e. The van der Waals surface area contributed by atoms with Crippen LogP contribution in [0.1, 0.15) is 39.0 Å². The van der Waals surface area contributed by atoms with Crippen LogP contribution in [0.25, 0.3) is 0 Å². The van der Waals surface area contributed by atoms with Crippen molar-refractivity contribution in [2.75, 3.05) is 0 Å². The fourth-order valence-electron chi connectivity index (χ4n) is 2.78. The zero-order chi connectivity index (χ0) is 18.0. The van der Waals surface area contributed by atoms with Crippen LogP contribution in [0.15, 0.2) is 35.2 Å². The van der Waals surface area contributed by atoms with Gasteiger partial charge in [0.1, 0.15) is 0 Å². The van der Waals surface area contributed by atoms with Gasteiger partial charge in [0.15, 0.2) is 0 Å². The molecule has 0 unspecified atom stereocenters. The van der Waals surface area contributed by atoms with E-state index in [1.165, 1.54) is 46.0 Å². The first kappa shape index (κ1) is 17.6. The number of aryl methyl sites for hydroxylation is 1. The number of carbonyl (C=O) groups is 1. The molecule has 0 fully saturated rings. The third-order valence-corrected chi connectivity index (χ3v) is 6.61. The summed E-state index contributed by atoms with van der Waals surface area (Å²) in [6, 6.07) is 9.32. The van der Waals surface area contributed by atoms with Gasteiger partial charge in [-0.2, -0.15) is 5.26 Å². The maximum absolute atomic E-state index is 12.3. The molecule has 1 heterocycles. The van der Waals surface area contributed by atoms with Crippen LogP contribution in [0.2, 0.25) is 0 Å². The van der Waals surface area contributed by atoms with E-state index in [1.807, 2.05) is 12.1 Å². The van der Waals surface area contributed by atoms with Gasteiger partial charge in [0.2, 0.25) is 0 Å². The van der Waals surface area contributed by atoms with Gasteiger partial charge in [0, 0.05) is 4.88 Å². The average Bonchev–Trinajstić information content (AvgIpc) is 3.03. The van der Waals surface area contributed by atoms with Gasteiger partial charge in [0.05, 0.1) is 21.4 Å². The Kier molecular flexibility index (Phi) is 4.90. The zero-order valence-electron chi connectivity index (χ0n) is 13.6. The van der Waals surface area contributed by atoms with Crippen molar-refractivity contribution in [2.45, 2.75) is 31.1 Å². The summed E-state index contributed by atoms with van der Waals surface area (Å²) in [5, 5.41) is 8.86. The van der Waals surface area contributed by atoms with Crippen molar-refractivity contribution >= 4 is 27.3 Å². The molecule has 0 saturated carbocycles. The lowest BCUT2D eigenvalue weighted by atomic mass is 9.90. The first-order valence-corrected chi connectivity index (χ1v) is 10.1. The van der Waals surface area contributed by atoms with Crippen molar-refractivity contribution in [3.8, 4) is 6.07 Å². The van der Waals surface area contributed by atoms with Crippen LogP contribution in [0.5, 0.6) is 0 Å². The number of fused-ring (bicyclic) bond motifs is 1. The van der Waals surface area contributed by atoms with Crippen LogP contribution in [-0.4, -0.2) is 14.3 Å². The molecule has 3 rings (SSSR count). The summed E-state index contributed by atoms with van der Waals surface area (Å²) in [4.78, 5) is 16.0. The van der Waals surface area contributed by atoms with E-state index < -0.39 is 15.9 Å². The Labute approximate surface area is 150 Å². The minimum atomic E-state index is -3.94. The van der Waals surface area contributed by atoms with E-state index in [1.54, 1.807) is 0 Å². The molecule has 1 aromatic heterocycles. The molecule has 130 valence electrons. The SMILES string of the molecule is C[C@H]1CCc2sc(C(=O)NNS(=O)(=O)c3cccc(C#N)c3)cc2C1. The third-order valence-electron chi connectivity index (χ3n) is 4.13. The van der Waals surface area contributed by atoms with Crippen LogP contribution >= 0.6 is 11.3 Å². The van der Waals surface area contributed by atoms with Crippen molar-refractivity contribution < 1.29 is 13.2 Å². The van der Waals surface area contributed by atoms with E-state index in [-0.39, 0.29) is 10.5 Å². The van der Waals surface area contributed by atoms with E-state index in [2.05, 4.69) is 17.2 Å². The minimum Gasteiger partial charge on any atom is -0.273 e. The van der Waals surface area contributed by atoms with Gasteiger partial charge >= 0.3 is 0 Å². The molecule has 2 aromatic rings. The van der Waals surface area contributed by atoms with E-state index in [0.29, 0.717) is 10.8 Å². The molecule has 1 aliphatic rings. The van der Waals surface area contributed by atoms with Gasteiger partial charge < -0.3 is 0 Å². The van der Waals surface area contributed by atoms with Crippen molar-refractivity contribution in [1.82, 2.24) is 10.3 Å². The highest BCUT2D eigenvalue weighted by molar-refractivity contribution is 7.89. The molecule has 0 spiro atoms. The number of amides is 1. The molecule has 0 saturated heterocycles. The number of hydrogen-bond donors (Lipinski definition) is 2. The molecule has 0 aliphatic heterocycles. The van der Waals surface area contributed by atoms with Crippen molar-refractivity contribution in [3.05, 3.63) is 51.2 Å². The third kappa shape index (κ3) is 3.90. The Morgan fingerprint density at radius 2 is 2.16 bits per heavy atom. The Hall–Kier alpha value is -2.21. The summed E-state index contributed by atoms with van der Waals surface area (Å²) in [6.07, 6.45) is 3.02. The molecule has 1 amide bonds. The first-order valence-electron chi connectivity index (χ1n) is 7.83. The number of carbonyl (C=O) groups excluding carboxylic acids is 1. The number of nitriles is 1. The lowest BCUT2D eigenvalue weighted by molar-refractivity contribution is 0.0949. The quantitative estimate of drug-likeness (QED) is 0.802. The monoisotopic (exact) mass is 375 g/mol. The lowest BCUT2D eigenvalue weighted by Crippen LogP contribution is -2.41. The van der Waals surface area contributed by atoms with Gasteiger partial charge in [-0.1, -0.05) is 13.0 Å². The van der Waals surface area contributed by atoms with Crippen molar-refractivity contribution in [1.29, 1.82) is 5.26 Å². The molecule has 25 heavy (non-hydrogen) atoms. The molecule has 1 aromatic carbocycles. The van der Waals surface area contributed by atoms with Gasteiger partial charge in [-0.3, -0.25) is 10.2 Å². The summed E-state index contributed by atoms with van der Waals surface area (Å²) >= 11 is 1.41. The Morgan fingerprint density at radius 3 is 2.92 bits per heavy atom. The molecular weight excluding hydrogens is 358 g/mol. The first-order chi connectivity index (χ1) is 11.9. The number of hydrogen-bond acceptors (Lipinski definition) is 5. The topological polar surface area (TPSA) is 99.1 Å². The molecule has 8 heteroatoms. The number of thiophene rings is 1. The highest BCUT2D eigenvalue weighted by atomic mass is 32.2. The van der Waals surface area contributed by atoms with Gasteiger partial charge in [-0.05, 0) is 55.0 Å².